The Balaban J connectivity index is 1.72. The van der Waals surface area contributed by atoms with Crippen LogP contribution in [0.5, 0.6) is 0 Å². The van der Waals surface area contributed by atoms with Gasteiger partial charge in [-0.3, -0.25) is 4.79 Å². The first-order valence-electron chi connectivity index (χ1n) is 7.32. The average Bonchev–Trinajstić information content (AvgIpc) is 3.23. The molecule has 0 radical (unpaired) electrons. The quantitative estimate of drug-likeness (QED) is 0.726. The minimum absolute atomic E-state index is 0.0137. The first-order valence-corrected chi connectivity index (χ1v) is 7.32. The minimum atomic E-state index is -0.0137. The largest absolute Gasteiger partial charge is 0.330 e. The molecule has 1 aliphatic heterocycles. The average molecular weight is 293 g/mol. The van der Waals surface area contributed by atoms with Crippen LogP contribution in [0, 0.1) is 0 Å². The van der Waals surface area contributed by atoms with Gasteiger partial charge in [0.1, 0.15) is 12.0 Å². The predicted molar refractivity (Wildman–Crippen MR) is 80.2 cm³/mol. The first kappa shape index (κ1) is 12.9. The number of nitrogens with zero attached hydrogens (tertiary/aromatic N) is 5. The Bertz CT molecular complexity index is 814. The van der Waals surface area contributed by atoms with E-state index in [2.05, 4.69) is 25.4 Å². The molecule has 6 heteroatoms. The van der Waals surface area contributed by atoms with Gasteiger partial charge in [-0.15, -0.1) is 0 Å². The second-order valence-corrected chi connectivity index (χ2v) is 5.39. The molecule has 0 N–H and O–H groups in total. The van der Waals surface area contributed by atoms with Crippen LogP contribution in [0.4, 0.5) is 0 Å². The van der Waals surface area contributed by atoms with Gasteiger partial charge in [0.2, 0.25) is 0 Å². The van der Waals surface area contributed by atoms with Gasteiger partial charge < -0.3 is 9.30 Å². The third-order valence-corrected chi connectivity index (χ3v) is 4.12. The summed E-state index contributed by atoms with van der Waals surface area (Å²) in [5, 5.41) is 0. The maximum Gasteiger partial charge on any atom is 0.257 e. The molecule has 0 saturated carbocycles. The van der Waals surface area contributed by atoms with Gasteiger partial charge in [0.15, 0.2) is 0 Å². The zero-order valence-corrected chi connectivity index (χ0v) is 12.0. The van der Waals surface area contributed by atoms with Crippen LogP contribution in [0.3, 0.4) is 0 Å². The van der Waals surface area contributed by atoms with Crippen molar-refractivity contribution < 1.29 is 4.79 Å². The van der Waals surface area contributed by atoms with Crippen molar-refractivity contribution in [3.8, 4) is 0 Å². The Morgan fingerprint density at radius 2 is 2.09 bits per heavy atom. The van der Waals surface area contributed by atoms with E-state index in [-0.39, 0.29) is 11.9 Å². The number of amides is 1. The number of hydrogen-bond acceptors (Lipinski definition) is 4. The molecular weight excluding hydrogens is 278 g/mol. The monoisotopic (exact) mass is 293 g/mol. The van der Waals surface area contributed by atoms with Crippen molar-refractivity contribution in [3.63, 3.8) is 0 Å². The van der Waals surface area contributed by atoms with Crippen LogP contribution in [0.25, 0.3) is 5.65 Å². The number of carbonyl (C=O) groups is 1. The van der Waals surface area contributed by atoms with Gasteiger partial charge in [0.05, 0.1) is 11.6 Å². The molecule has 1 saturated heterocycles. The van der Waals surface area contributed by atoms with Crippen molar-refractivity contribution in [2.24, 2.45) is 0 Å². The van der Waals surface area contributed by atoms with E-state index in [4.69, 9.17) is 0 Å². The summed E-state index contributed by atoms with van der Waals surface area (Å²) in [5.74, 6) is -0.0137. The van der Waals surface area contributed by atoms with Crippen molar-refractivity contribution in [1.82, 2.24) is 24.3 Å². The molecule has 22 heavy (non-hydrogen) atoms. The minimum Gasteiger partial charge on any atom is -0.330 e. The Labute approximate surface area is 127 Å². The summed E-state index contributed by atoms with van der Waals surface area (Å²) in [4.78, 5) is 26.8. The molecule has 1 fully saturated rings. The number of rotatable bonds is 2. The maximum absolute atomic E-state index is 12.7. The Kier molecular flexibility index (Phi) is 3.07. The number of carbonyl (C=O) groups excluding carboxylic acids is 1. The molecular formula is C16H15N5O. The smallest absolute Gasteiger partial charge is 0.257 e. The summed E-state index contributed by atoms with van der Waals surface area (Å²) in [6.45, 7) is 0.753. The van der Waals surface area contributed by atoms with Crippen molar-refractivity contribution in [2.75, 3.05) is 6.54 Å². The first-order chi connectivity index (χ1) is 10.8. The van der Waals surface area contributed by atoms with E-state index in [0.29, 0.717) is 5.56 Å². The molecule has 1 amide bonds. The predicted octanol–water partition coefficient (Wildman–Crippen LogP) is 2.10. The zero-order chi connectivity index (χ0) is 14.9. The normalized spacial score (nSPS) is 18.0. The molecule has 0 unspecified atom stereocenters. The number of likely N-dealkylation sites (tertiary alicyclic amines) is 1. The van der Waals surface area contributed by atoms with E-state index in [0.717, 1.165) is 30.7 Å². The molecule has 3 aromatic rings. The van der Waals surface area contributed by atoms with E-state index in [9.17, 15) is 4.79 Å². The van der Waals surface area contributed by atoms with Gasteiger partial charge in [0, 0.05) is 37.0 Å². The fourth-order valence-electron chi connectivity index (χ4n) is 3.13. The van der Waals surface area contributed by atoms with Crippen molar-refractivity contribution in [1.29, 1.82) is 0 Å². The highest BCUT2D eigenvalue weighted by Crippen LogP contribution is 2.33. The molecule has 0 spiro atoms. The molecule has 3 aromatic heterocycles. The summed E-state index contributed by atoms with van der Waals surface area (Å²) in [6.07, 6.45) is 10.3. The Morgan fingerprint density at radius 1 is 1.23 bits per heavy atom. The molecule has 1 aliphatic rings. The second kappa shape index (κ2) is 5.22. The lowest BCUT2D eigenvalue weighted by atomic mass is 10.1. The van der Waals surface area contributed by atoms with E-state index in [1.165, 1.54) is 6.33 Å². The molecule has 0 aromatic carbocycles. The molecule has 4 heterocycles. The van der Waals surface area contributed by atoms with Crippen LogP contribution in [0.15, 0.2) is 49.3 Å². The number of imidazole rings is 1. The summed E-state index contributed by atoms with van der Waals surface area (Å²) in [7, 11) is 0. The highest BCUT2D eigenvalue weighted by molar-refractivity contribution is 5.94. The van der Waals surface area contributed by atoms with E-state index in [1.807, 2.05) is 23.2 Å². The van der Waals surface area contributed by atoms with Gasteiger partial charge in [-0.25, -0.2) is 15.0 Å². The third kappa shape index (κ3) is 2.04. The summed E-state index contributed by atoms with van der Waals surface area (Å²) in [6, 6.07) is 6.08. The SMILES string of the molecule is O=C(c1cncnc1)N1CCC[C@H]1c1cccc2nccn12. The highest BCUT2D eigenvalue weighted by atomic mass is 16.2. The third-order valence-electron chi connectivity index (χ3n) is 4.12. The van der Waals surface area contributed by atoms with Gasteiger partial charge in [0.25, 0.3) is 5.91 Å². The fraction of sp³-hybridized carbons (Fsp3) is 0.250. The summed E-state index contributed by atoms with van der Waals surface area (Å²) < 4.78 is 2.05. The van der Waals surface area contributed by atoms with Crippen LogP contribution in [0.2, 0.25) is 0 Å². The molecule has 1 atom stereocenters. The Morgan fingerprint density at radius 3 is 2.95 bits per heavy atom. The van der Waals surface area contributed by atoms with Crippen LogP contribution in [-0.2, 0) is 0 Å². The van der Waals surface area contributed by atoms with Gasteiger partial charge in [-0.05, 0) is 25.0 Å². The molecule has 0 bridgehead atoms. The van der Waals surface area contributed by atoms with Crippen molar-refractivity contribution in [2.45, 2.75) is 18.9 Å². The highest BCUT2D eigenvalue weighted by Gasteiger charge is 2.32. The molecule has 0 aliphatic carbocycles. The van der Waals surface area contributed by atoms with Crippen LogP contribution in [0.1, 0.15) is 34.9 Å². The number of fused-ring (bicyclic) bond motifs is 1. The van der Waals surface area contributed by atoms with Crippen LogP contribution >= 0.6 is 0 Å². The van der Waals surface area contributed by atoms with Gasteiger partial charge in [-0.1, -0.05) is 6.07 Å². The standard InChI is InChI=1S/C16H15N5O/c22-16(12-9-17-11-18-10-12)21-7-2-4-14(21)13-3-1-5-15-19-6-8-20(13)15/h1,3,5-6,8-11,14H,2,4,7H2/t14-/m0/s1. The van der Waals surface area contributed by atoms with E-state index < -0.39 is 0 Å². The van der Waals surface area contributed by atoms with E-state index >= 15 is 0 Å². The van der Waals surface area contributed by atoms with E-state index in [1.54, 1.807) is 18.6 Å². The maximum atomic E-state index is 12.7. The topological polar surface area (TPSA) is 63.4 Å². The molecule has 110 valence electrons. The van der Waals surface area contributed by atoms with Gasteiger partial charge in [-0.2, -0.15) is 0 Å². The molecule has 6 nitrogen and oxygen atoms in total. The Hall–Kier alpha value is -2.76. The number of aromatic nitrogens is 4. The number of pyridine rings is 1. The van der Waals surface area contributed by atoms with Crippen LogP contribution in [-0.4, -0.2) is 36.7 Å². The van der Waals surface area contributed by atoms with Crippen molar-refractivity contribution >= 4 is 11.6 Å². The lowest BCUT2D eigenvalue weighted by Gasteiger charge is -2.25. The van der Waals surface area contributed by atoms with Crippen molar-refractivity contribution in [3.05, 3.63) is 60.6 Å². The molecule has 4 rings (SSSR count). The van der Waals surface area contributed by atoms with Crippen LogP contribution < -0.4 is 0 Å². The number of hydrogen-bond donors (Lipinski definition) is 0. The lowest BCUT2D eigenvalue weighted by Crippen LogP contribution is -2.31. The second-order valence-electron chi connectivity index (χ2n) is 5.39. The summed E-state index contributed by atoms with van der Waals surface area (Å²) in [5.41, 5.74) is 2.53. The zero-order valence-electron chi connectivity index (χ0n) is 12.0. The summed E-state index contributed by atoms with van der Waals surface area (Å²) >= 11 is 0. The fourth-order valence-corrected chi connectivity index (χ4v) is 3.13. The lowest BCUT2D eigenvalue weighted by molar-refractivity contribution is 0.0731. The van der Waals surface area contributed by atoms with Gasteiger partial charge >= 0.3 is 0 Å².